The van der Waals surface area contributed by atoms with Crippen LogP contribution in [0.5, 0.6) is 0 Å². The first-order valence-electron chi connectivity index (χ1n) is 10.0. The van der Waals surface area contributed by atoms with Gasteiger partial charge in [-0.05, 0) is 24.7 Å². The minimum absolute atomic E-state index is 0.0370. The molecule has 12 heteroatoms. The van der Waals surface area contributed by atoms with E-state index < -0.39 is 66.4 Å². The molecule has 0 aliphatic rings. The molecule has 0 rings (SSSR count). The summed E-state index contributed by atoms with van der Waals surface area (Å²) in [5, 5.41) is 34.4. The van der Waals surface area contributed by atoms with Crippen molar-refractivity contribution in [3.63, 3.8) is 0 Å². The van der Waals surface area contributed by atoms with Crippen molar-refractivity contribution in [2.24, 2.45) is 17.6 Å². The molecule has 0 aliphatic carbocycles. The molecule has 4 atom stereocenters. The van der Waals surface area contributed by atoms with Gasteiger partial charge < -0.3 is 37.0 Å². The fourth-order valence-electron chi connectivity index (χ4n) is 2.63. The van der Waals surface area contributed by atoms with E-state index in [2.05, 4.69) is 16.0 Å². The van der Waals surface area contributed by atoms with Crippen LogP contribution >= 0.6 is 0 Å². The molecule has 0 fully saturated rings. The van der Waals surface area contributed by atoms with Crippen molar-refractivity contribution in [2.75, 3.05) is 6.61 Å². The van der Waals surface area contributed by atoms with Gasteiger partial charge in [-0.2, -0.15) is 0 Å². The second-order valence-corrected chi connectivity index (χ2v) is 8.04. The monoisotopic (exact) mass is 446 g/mol. The van der Waals surface area contributed by atoms with Gasteiger partial charge in [-0.25, -0.2) is 4.79 Å². The summed E-state index contributed by atoms with van der Waals surface area (Å²) in [5.41, 5.74) is 5.67. The third-order valence-corrected chi connectivity index (χ3v) is 4.39. The van der Waals surface area contributed by atoms with Crippen LogP contribution < -0.4 is 21.7 Å². The highest BCUT2D eigenvalue weighted by Gasteiger charge is 2.31. The first-order valence-corrected chi connectivity index (χ1v) is 10.0. The summed E-state index contributed by atoms with van der Waals surface area (Å²) in [6.45, 7) is 5.99. The SMILES string of the molecule is CC(C)CC(NC(=O)C(N)CCC(=O)O)C(=O)NC(CO)C(=O)NC(C(=O)O)C(C)C. The Bertz CT molecular complexity index is 653. The maximum atomic E-state index is 12.7. The summed E-state index contributed by atoms with van der Waals surface area (Å²) in [5.74, 6) is -5.22. The summed E-state index contributed by atoms with van der Waals surface area (Å²) in [6, 6.07) is -4.87. The Morgan fingerprint density at radius 2 is 1.35 bits per heavy atom. The molecule has 0 saturated carbocycles. The minimum Gasteiger partial charge on any atom is -0.481 e. The lowest BCUT2D eigenvalue weighted by molar-refractivity contribution is -0.144. The van der Waals surface area contributed by atoms with Crippen molar-refractivity contribution in [3.8, 4) is 0 Å². The number of aliphatic carboxylic acids is 2. The molecular weight excluding hydrogens is 412 g/mol. The van der Waals surface area contributed by atoms with Crippen molar-refractivity contribution < 1.29 is 39.3 Å². The van der Waals surface area contributed by atoms with Crippen LogP contribution in [0.3, 0.4) is 0 Å². The number of hydrogen-bond donors (Lipinski definition) is 7. The van der Waals surface area contributed by atoms with E-state index in [-0.39, 0.29) is 25.2 Å². The van der Waals surface area contributed by atoms with Crippen LogP contribution in [0.15, 0.2) is 0 Å². The molecular formula is C19H34N4O8. The molecule has 0 aliphatic heterocycles. The molecule has 12 nitrogen and oxygen atoms in total. The van der Waals surface area contributed by atoms with Gasteiger partial charge in [-0.15, -0.1) is 0 Å². The van der Waals surface area contributed by atoms with Gasteiger partial charge in [-0.3, -0.25) is 19.2 Å². The molecule has 0 aromatic heterocycles. The second kappa shape index (κ2) is 13.5. The molecule has 178 valence electrons. The van der Waals surface area contributed by atoms with Crippen LogP contribution in [0.2, 0.25) is 0 Å². The number of aliphatic hydroxyl groups excluding tert-OH is 1. The van der Waals surface area contributed by atoms with Crippen molar-refractivity contribution in [3.05, 3.63) is 0 Å². The highest BCUT2D eigenvalue weighted by atomic mass is 16.4. The van der Waals surface area contributed by atoms with Crippen LogP contribution in [0.1, 0.15) is 47.0 Å². The van der Waals surface area contributed by atoms with E-state index in [1.165, 1.54) is 0 Å². The van der Waals surface area contributed by atoms with Gasteiger partial charge in [-0.1, -0.05) is 27.7 Å². The van der Waals surface area contributed by atoms with Gasteiger partial charge in [0.05, 0.1) is 12.6 Å². The molecule has 0 aromatic rings. The van der Waals surface area contributed by atoms with Crippen LogP contribution in [-0.4, -0.2) is 75.8 Å². The van der Waals surface area contributed by atoms with Crippen LogP contribution in [-0.2, 0) is 24.0 Å². The summed E-state index contributed by atoms with van der Waals surface area (Å²) in [7, 11) is 0. The number of carbonyl (C=O) groups excluding carboxylic acids is 3. The van der Waals surface area contributed by atoms with E-state index in [9.17, 15) is 34.2 Å². The van der Waals surface area contributed by atoms with Crippen LogP contribution in [0, 0.1) is 11.8 Å². The van der Waals surface area contributed by atoms with Crippen molar-refractivity contribution in [2.45, 2.75) is 71.1 Å². The molecule has 8 N–H and O–H groups in total. The Labute approximate surface area is 180 Å². The number of hydrogen-bond acceptors (Lipinski definition) is 7. The number of amides is 3. The zero-order valence-corrected chi connectivity index (χ0v) is 18.3. The van der Waals surface area contributed by atoms with Crippen LogP contribution in [0.4, 0.5) is 0 Å². The molecule has 0 radical (unpaired) electrons. The Morgan fingerprint density at radius 1 is 0.839 bits per heavy atom. The second-order valence-electron chi connectivity index (χ2n) is 8.04. The topological polar surface area (TPSA) is 208 Å². The predicted molar refractivity (Wildman–Crippen MR) is 110 cm³/mol. The van der Waals surface area contributed by atoms with E-state index in [4.69, 9.17) is 10.8 Å². The van der Waals surface area contributed by atoms with E-state index in [0.29, 0.717) is 0 Å². The number of nitrogens with one attached hydrogen (secondary N) is 3. The van der Waals surface area contributed by atoms with Gasteiger partial charge in [0.2, 0.25) is 17.7 Å². The zero-order valence-electron chi connectivity index (χ0n) is 18.3. The zero-order chi connectivity index (χ0) is 24.3. The standard InChI is InChI=1S/C19H34N4O8/c1-9(2)7-12(21-16(27)11(20)5-6-14(25)26)17(28)22-13(8-24)18(29)23-15(10(3)4)19(30)31/h9-13,15,24H,5-8,20H2,1-4H3,(H,21,27)(H,22,28)(H,23,29)(H,25,26)(H,30,31). The van der Waals surface area contributed by atoms with Gasteiger partial charge in [0.15, 0.2) is 0 Å². The van der Waals surface area contributed by atoms with Crippen molar-refractivity contribution in [1.29, 1.82) is 0 Å². The van der Waals surface area contributed by atoms with Gasteiger partial charge in [0.25, 0.3) is 0 Å². The van der Waals surface area contributed by atoms with E-state index >= 15 is 0 Å². The van der Waals surface area contributed by atoms with Crippen LogP contribution in [0.25, 0.3) is 0 Å². The van der Waals surface area contributed by atoms with E-state index in [1.54, 1.807) is 27.7 Å². The van der Waals surface area contributed by atoms with Gasteiger partial charge in [0.1, 0.15) is 18.1 Å². The average molecular weight is 447 g/mol. The number of rotatable bonds is 14. The summed E-state index contributed by atoms with van der Waals surface area (Å²) in [4.78, 5) is 59.1. The number of nitrogens with two attached hydrogens (primary N) is 1. The smallest absolute Gasteiger partial charge is 0.326 e. The third kappa shape index (κ3) is 10.7. The predicted octanol–water partition coefficient (Wildman–Crippen LogP) is -1.59. The summed E-state index contributed by atoms with van der Waals surface area (Å²) >= 11 is 0. The molecule has 0 spiro atoms. The number of carbonyl (C=O) groups is 5. The lowest BCUT2D eigenvalue weighted by atomic mass is 10.0. The number of aliphatic hydroxyl groups is 1. The maximum absolute atomic E-state index is 12.7. The van der Waals surface area contributed by atoms with Crippen molar-refractivity contribution >= 4 is 29.7 Å². The fourth-order valence-corrected chi connectivity index (χ4v) is 2.63. The molecule has 0 saturated heterocycles. The molecule has 3 amide bonds. The maximum Gasteiger partial charge on any atom is 0.326 e. The van der Waals surface area contributed by atoms with E-state index in [1.807, 2.05) is 0 Å². The van der Waals surface area contributed by atoms with Gasteiger partial charge >= 0.3 is 11.9 Å². The summed E-state index contributed by atoms with van der Waals surface area (Å²) in [6.07, 6.45) is -0.250. The normalized spacial score (nSPS) is 15.0. The molecule has 4 unspecified atom stereocenters. The Hall–Kier alpha value is -2.73. The minimum atomic E-state index is -1.43. The molecule has 0 heterocycles. The first-order chi connectivity index (χ1) is 14.3. The molecule has 31 heavy (non-hydrogen) atoms. The molecule has 0 aromatic carbocycles. The first kappa shape index (κ1) is 28.3. The number of carboxylic acid groups (broad SMARTS) is 2. The summed E-state index contributed by atoms with van der Waals surface area (Å²) < 4.78 is 0. The third-order valence-electron chi connectivity index (χ3n) is 4.39. The lowest BCUT2D eigenvalue weighted by Gasteiger charge is -2.25. The largest absolute Gasteiger partial charge is 0.481 e. The quantitative estimate of drug-likeness (QED) is 0.164. The Kier molecular flexibility index (Phi) is 12.4. The Balaban J connectivity index is 5.21. The Morgan fingerprint density at radius 3 is 1.77 bits per heavy atom. The fraction of sp³-hybridized carbons (Fsp3) is 0.737. The van der Waals surface area contributed by atoms with Gasteiger partial charge in [0, 0.05) is 6.42 Å². The van der Waals surface area contributed by atoms with E-state index in [0.717, 1.165) is 0 Å². The number of carboxylic acids is 2. The highest BCUT2D eigenvalue weighted by Crippen LogP contribution is 2.07. The molecule has 0 bridgehead atoms. The average Bonchev–Trinajstić information content (AvgIpc) is 2.66. The lowest BCUT2D eigenvalue weighted by Crippen LogP contribution is -2.58. The van der Waals surface area contributed by atoms with Crippen molar-refractivity contribution in [1.82, 2.24) is 16.0 Å². The highest BCUT2D eigenvalue weighted by molar-refractivity contribution is 5.94.